The van der Waals surface area contributed by atoms with E-state index in [1.54, 1.807) is 4.31 Å². The molecule has 2 fully saturated rings. The second-order valence-electron chi connectivity index (χ2n) is 4.59. The van der Waals surface area contributed by atoms with Crippen molar-refractivity contribution in [2.24, 2.45) is 5.92 Å². The summed E-state index contributed by atoms with van der Waals surface area (Å²) in [6, 6.07) is 0.448. The van der Waals surface area contributed by atoms with Crippen LogP contribution in [0.3, 0.4) is 0 Å². The molecule has 0 saturated carbocycles. The molecule has 2 rings (SSSR count). The van der Waals surface area contributed by atoms with Gasteiger partial charge in [-0.25, -0.2) is 8.42 Å². The molecule has 0 aromatic rings. The highest BCUT2D eigenvalue weighted by molar-refractivity contribution is 7.88. The Kier molecular flexibility index (Phi) is 2.79. The lowest BCUT2D eigenvalue weighted by Gasteiger charge is -2.38. The van der Waals surface area contributed by atoms with E-state index in [1.165, 1.54) is 6.26 Å². The highest BCUT2D eigenvalue weighted by atomic mass is 32.2. The highest BCUT2D eigenvalue weighted by Gasteiger charge is 2.43. The molecule has 15 heavy (non-hydrogen) atoms. The summed E-state index contributed by atoms with van der Waals surface area (Å²) in [6.07, 6.45) is 2.14. The number of nitrogens with zero attached hydrogens (tertiary/aromatic N) is 2. The number of hydrogen-bond donors (Lipinski definition) is 0. The predicted molar refractivity (Wildman–Crippen MR) is 56.6 cm³/mol. The van der Waals surface area contributed by atoms with Gasteiger partial charge in [-0.2, -0.15) is 9.37 Å². The van der Waals surface area contributed by atoms with Crippen molar-refractivity contribution in [1.29, 1.82) is 0 Å². The summed E-state index contributed by atoms with van der Waals surface area (Å²) in [6.45, 7) is 3.19. The molecule has 6 heteroatoms. The quantitative estimate of drug-likeness (QED) is 0.636. The zero-order valence-electron chi connectivity index (χ0n) is 9.38. The molecule has 2 aliphatic heterocycles. The van der Waals surface area contributed by atoms with E-state index >= 15 is 0 Å². The number of hydroxylamine groups is 2. The summed E-state index contributed by atoms with van der Waals surface area (Å²) in [7, 11) is -1.15. The lowest BCUT2D eigenvalue weighted by molar-refractivity contribution is -0.112. The molecule has 2 heterocycles. The zero-order chi connectivity index (χ0) is 11.2. The van der Waals surface area contributed by atoms with Gasteiger partial charge >= 0.3 is 0 Å². The van der Waals surface area contributed by atoms with Crippen LogP contribution in [0.15, 0.2) is 0 Å². The van der Waals surface area contributed by atoms with Gasteiger partial charge < -0.3 is 0 Å². The Balaban J connectivity index is 2.15. The maximum atomic E-state index is 11.5. The molecular formula is C9H18N2O3S. The van der Waals surface area contributed by atoms with Gasteiger partial charge in [-0.3, -0.25) is 4.84 Å². The number of hydrogen-bond acceptors (Lipinski definition) is 4. The minimum Gasteiger partial charge on any atom is -0.299 e. The second kappa shape index (κ2) is 3.69. The third kappa shape index (κ3) is 2.04. The van der Waals surface area contributed by atoms with E-state index in [9.17, 15) is 8.42 Å². The van der Waals surface area contributed by atoms with Crippen LogP contribution < -0.4 is 0 Å². The van der Waals surface area contributed by atoms with E-state index < -0.39 is 10.0 Å². The van der Waals surface area contributed by atoms with E-state index in [4.69, 9.17) is 4.84 Å². The summed E-state index contributed by atoms with van der Waals surface area (Å²) >= 11 is 0. The fourth-order valence-electron chi connectivity index (χ4n) is 2.57. The molecule has 0 spiro atoms. The molecular weight excluding hydrogens is 216 g/mol. The first kappa shape index (κ1) is 11.3. The van der Waals surface area contributed by atoms with Gasteiger partial charge in [0.2, 0.25) is 10.0 Å². The minimum atomic E-state index is -3.07. The first-order valence-electron chi connectivity index (χ1n) is 5.22. The van der Waals surface area contributed by atoms with Gasteiger partial charge in [0.25, 0.3) is 0 Å². The van der Waals surface area contributed by atoms with Gasteiger partial charge in [0, 0.05) is 31.6 Å². The molecule has 2 aliphatic rings. The zero-order valence-corrected chi connectivity index (χ0v) is 10.2. The van der Waals surface area contributed by atoms with Crippen LogP contribution in [0.5, 0.6) is 0 Å². The van der Waals surface area contributed by atoms with Crippen LogP contribution in [0, 0.1) is 5.92 Å². The number of fused-ring (bicyclic) bond motifs is 1. The van der Waals surface area contributed by atoms with Gasteiger partial charge in [0.1, 0.15) is 0 Å². The molecule has 0 amide bonds. The topological polar surface area (TPSA) is 49.9 Å². The molecule has 0 N–H and O–H groups in total. The number of sulfonamides is 1. The van der Waals surface area contributed by atoms with Crippen molar-refractivity contribution >= 4 is 10.0 Å². The van der Waals surface area contributed by atoms with Gasteiger partial charge in [-0.05, 0) is 13.3 Å². The number of piperidine rings is 1. The maximum absolute atomic E-state index is 11.5. The van der Waals surface area contributed by atoms with Crippen LogP contribution in [-0.4, -0.2) is 56.3 Å². The summed E-state index contributed by atoms with van der Waals surface area (Å²) in [5, 5.41) is 1.88. The largest absolute Gasteiger partial charge is 0.299 e. The summed E-state index contributed by atoms with van der Waals surface area (Å²) < 4.78 is 24.7. The first-order valence-corrected chi connectivity index (χ1v) is 7.07. The third-order valence-corrected chi connectivity index (χ3v) is 4.78. The normalized spacial score (nSPS) is 39.3. The standard InChI is InChI=1S/C9H18N2O3S/c1-7-4-9-8(6-14-10(9)2)5-11(7)15(3,12)13/h7-9H,4-6H2,1-3H3/t7-,8-,9-/m1/s1. The smallest absolute Gasteiger partial charge is 0.211 e. The van der Waals surface area contributed by atoms with E-state index in [1.807, 2.05) is 19.0 Å². The van der Waals surface area contributed by atoms with E-state index in [2.05, 4.69) is 0 Å². The highest BCUT2D eigenvalue weighted by Crippen LogP contribution is 2.31. The molecule has 0 aromatic heterocycles. The molecule has 3 atom stereocenters. The van der Waals surface area contributed by atoms with Crippen molar-refractivity contribution in [3.63, 3.8) is 0 Å². The molecule has 0 aromatic carbocycles. The van der Waals surface area contributed by atoms with Crippen LogP contribution in [-0.2, 0) is 14.9 Å². The Morgan fingerprint density at radius 3 is 2.67 bits per heavy atom. The monoisotopic (exact) mass is 234 g/mol. The molecule has 0 bridgehead atoms. The maximum Gasteiger partial charge on any atom is 0.211 e. The Bertz CT molecular complexity index is 343. The molecule has 88 valence electrons. The van der Waals surface area contributed by atoms with Crippen molar-refractivity contribution in [3.05, 3.63) is 0 Å². The van der Waals surface area contributed by atoms with Gasteiger partial charge in [0.05, 0.1) is 12.9 Å². The summed E-state index contributed by atoms with van der Waals surface area (Å²) in [5.41, 5.74) is 0. The van der Waals surface area contributed by atoms with E-state index in [0.29, 0.717) is 25.1 Å². The Hall–Kier alpha value is -0.170. The van der Waals surface area contributed by atoms with Gasteiger partial charge in [-0.15, -0.1) is 0 Å². The SMILES string of the molecule is C[C@@H]1C[C@@H]2[C@@H](CON2C)CN1S(C)(=O)=O. The lowest BCUT2D eigenvalue weighted by Crippen LogP contribution is -2.51. The van der Waals surface area contributed by atoms with Gasteiger partial charge in [0.15, 0.2) is 0 Å². The average Bonchev–Trinajstić information content (AvgIpc) is 2.45. The van der Waals surface area contributed by atoms with Crippen molar-refractivity contribution < 1.29 is 13.3 Å². The van der Waals surface area contributed by atoms with Crippen molar-refractivity contribution in [1.82, 2.24) is 9.37 Å². The molecule has 5 nitrogen and oxygen atoms in total. The fourth-order valence-corrected chi connectivity index (χ4v) is 3.77. The molecule has 2 saturated heterocycles. The predicted octanol–water partition coefficient (Wildman–Crippen LogP) is -0.0980. The lowest BCUT2D eigenvalue weighted by atomic mass is 9.91. The van der Waals surface area contributed by atoms with Crippen LogP contribution in [0.25, 0.3) is 0 Å². The van der Waals surface area contributed by atoms with Crippen molar-refractivity contribution in [3.8, 4) is 0 Å². The van der Waals surface area contributed by atoms with Crippen molar-refractivity contribution in [2.75, 3.05) is 26.5 Å². The summed E-state index contributed by atoms with van der Waals surface area (Å²) in [5.74, 6) is 0.320. The van der Waals surface area contributed by atoms with Gasteiger partial charge in [-0.1, -0.05) is 0 Å². The summed E-state index contributed by atoms with van der Waals surface area (Å²) in [4.78, 5) is 5.42. The van der Waals surface area contributed by atoms with E-state index in [-0.39, 0.29) is 6.04 Å². The van der Waals surface area contributed by atoms with Crippen LogP contribution >= 0.6 is 0 Å². The molecule has 0 aliphatic carbocycles. The van der Waals surface area contributed by atoms with Crippen molar-refractivity contribution in [2.45, 2.75) is 25.4 Å². The molecule has 0 radical (unpaired) electrons. The number of rotatable bonds is 1. The minimum absolute atomic E-state index is 0.0744. The Morgan fingerprint density at radius 2 is 2.07 bits per heavy atom. The molecule has 0 unspecified atom stereocenters. The van der Waals surface area contributed by atoms with Crippen LogP contribution in [0.4, 0.5) is 0 Å². The Morgan fingerprint density at radius 1 is 1.40 bits per heavy atom. The fraction of sp³-hybridized carbons (Fsp3) is 1.00. The average molecular weight is 234 g/mol. The third-order valence-electron chi connectivity index (χ3n) is 3.42. The van der Waals surface area contributed by atoms with Crippen LogP contribution in [0.1, 0.15) is 13.3 Å². The first-order chi connectivity index (χ1) is 6.89. The Labute approximate surface area is 91.0 Å². The van der Waals surface area contributed by atoms with Crippen LogP contribution in [0.2, 0.25) is 0 Å². The van der Waals surface area contributed by atoms with E-state index in [0.717, 1.165) is 6.42 Å². The second-order valence-corrected chi connectivity index (χ2v) is 6.52.